The van der Waals surface area contributed by atoms with Crippen LogP contribution in [0.5, 0.6) is 5.75 Å². The predicted octanol–water partition coefficient (Wildman–Crippen LogP) is 2.34. The number of amides is 1. The first-order valence-electron chi connectivity index (χ1n) is 7.64. The molecule has 6 heteroatoms. The number of carbonyl (C=O) groups is 1. The van der Waals surface area contributed by atoms with Crippen LogP contribution >= 0.6 is 0 Å². The fourth-order valence-electron chi connectivity index (χ4n) is 2.56. The van der Waals surface area contributed by atoms with E-state index >= 15 is 0 Å². The first kappa shape index (κ1) is 16.7. The molecule has 0 bridgehead atoms. The lowest BCUT2D eigenvalue weighted by Crippen LogP contribution is -2.26. The van der Waals surface area contributed by atoms with E-state index in [-0.39, 0.29) is 11.7 Å². The third-order valence-electron chi connectivity index (χ3n) is 3.83. The molecule has 4 nitrogen and oxygen atoms in total. The molecule has 1 aromatic rings. The minimum Gasteiger partial charge on any atom is -0.435 e. The molecule has 1 aliphatic rings. The molecule has 0 spiro atoms. The van der Waals surface area contributed by atoms with E-state index in [4.69, 9.17) is 0 Å². The highest BCUT2D eigenvalue weighted by atomic mass is 19.3. The fourth-order valence-corrected chi connectivity index (χ4v) is 2.56. The van der Waals surface area contributed by atoms with Crippen molar-refractivity contribution >= 4 is 5.91 Å². The Hall–Kier alpha value is -1.69. The molecular formula is C16H22F2N2O2. The van der Waals surface area contributed by atoms with E-state index in [1.165, 1.54) is 18.6 Å². The number of ether oxygens (including phenoxy) is 1. The van der Waals surface area contributed by atoms with Gasteiger partial charge in [0, 0.05) is 13.0 Å². The highest BCUT2D eigenvalue weighted by Gasteiger charge is 2.14. The number of nitrogens with one attached hydrogen (secondary N) is 2. The summed E-state index contributed by atoms with van der Waals surface area (Å²) in [5, 5.41) is 6.23. The zero-order valence-electron chi connectivity index (χ0n) is 12.5. The van der Waals surface area contributed by atoms with Gasteiger partial charge >= 0.3 is 6.61 Å². The summed E-state index contributed by atoms with van der Waals surface area (Å²) in [5.41, 5.74) is 0.928. The molecule has 0 aliphatic carbocycles. The first-order chi connectivity index (χ1) is 10.6. The first-order valence-corrected chi connectivity index (χ1v) is 7.64. The molecule has 0 aromatic heterocycles. The van der Waals surface area contributed by atoms with Crippen molar-refractivity contribution in [2.24, 2.45) is 5.92 Å². The molecule has 1 atom stereocenters. The van der Waals surface area contributed by atoms with Crippen molar-refractivity contribution in [2.45, 2.75) is 32.3 Å². The van der Waals surface area contributed by atoms with Crippen molar-refractivity contribution < 1.29 is 18.3 Å². The standard InChI is InChI=1S/C16H22F2N2O2/c17-16(18)22-14-4-1-12(2-5-14)3-6-15(21)20-10-8-13-7-9-19-11-13/h1-2,4-5,13,16,19H,3,6-11H2,(H,20,21). The number of halogens is 2. The molecule has 2 rings (SSSR count). The largest absolute Gasteiger partial charge is 0.435 e. The highest BCUT2D eigenvalue weighted by Crippen LogP contribution is 2.16. The molecule has 1 heterocycles. The van der Waals surface area contributed by atoms with Crippen molar-refractivity contribution in [1.29, 1.82) is 0 Å². The summed E-state index contributed by atoms with van der Waals surface area (Å²) < 4.78 is 28.3. The summed E-state index contributed by atoms with van der Waals surface area (Å²) in [6.07, 6.45) is 3.19. The Kier molecular flexibility index (Phi) is 6.58. The van der Waals surface area contributed by atoms with Gasteiger partial charge in [-0.1, -0.05) is 12.1 Å². The summed E-state index contributed by atoms with van der Waals surface area (Å²) in [7, 11) is 0. The van der Waals surface area contributed by atoms with Crippen LogP contribution in [0.25, 0.3) is 0 Å². The van der Waals surface area contributed by atoms with Crippen molar-refractivity contribution in [1.82, 2.24) is 10.6 Å². The number of carbonyl (C=O) groups excluding carboxylic acids is 1. The molecule has 22 heavy (non-hydrogen) atoms. The van der Waals surface area contributed by atoms with E-state index in [9.17, 15) is 13.6 Å². The Labute approximate surface area is 129 Å². The number of rotatable bonds is 8. The van der Waals surface area contributed by atoms with Crippen LogP contribution in [0.2, 0.25) is 0 Å². The van der Waals surface area contributed by atoms with Crippen LogP contribution in [0, 0.1) is 5.92 Å². The number of aryl methyl sites for hydroxylation is 1. The van der Waals surface area contributed by atoms with Crippen molar-refractivity contribution in [3.63, 3.8) is 0 Å². The van der Waals surface area contributed by atoms with Gasteiger partial charge in [-0.25, -0.2) is 0 Å². The lowest BCUT2D eigenvalue weighted by molar-refractivity contribution is -0.121. The second-order valence-electron chi connectivity index (χ2n) is 5.52. The van der Waals surface area contributed by atoms with Crippen LogP contribution in [0.1, 0.15) is 24.8 Å². The molecule has 1 fully saturated rings. The van der Waals surface area contributed by atoms with Crippen LogP contribution < -0.4 is 15.4 Å². The predicted molar refractivity (Wildman–Crippen MR) is 80.0 cm³/mol. The molecule has 1 amide bonds. The van der Waals surface area contributed by atoms with E-state index in [0.717, 1.165) is 25.1 Å². The van der Waals surface area contributed by atoms with Crippen LogP contribution in [-0.2, 0) is 11.2 Å². The summed E-state index contributed by atoms with van der Waals surface area (Å²) >= 11 is 0. The average Bonchev–Trinajstić information content (AvgIpc) is 2.99. The van der Waals surface area contributed by atoms with E-state index in [0.29, 0.717) is 25.3 Å². The topological polar surface area (TPSA) is 50.4 Å². The zero-order valence-corrected chi connectivity index (χ0v) is 12.5. The van der Waals surface area contributed by atoms with Gasteiger partial charge in [-0.15, -0.1) is 0 Å². The van der Waals surface area contributed by atoms with E-state index in [1.54, 1.807) is 12.1 Å². The summed E-state index contributed by atoms with van der Waals surface area (Å²) in [6, 6.07) is 6.39. The molecule has 1 unspecified atom stereocenters. The van der Waals surface area contributed by atoms with Crippen LogP contribution in [0.3, 0.4) is 0 Å². The Bertz CT molecular complexity index is 460. The van der Waals surface area contributed by atoms with Gasteiger partial charge in [0.25, 0.3) is 0 Å². The molecular weight excluding hydrogens is 290 g/mol. The second kappa shape index (κ2) is 8.68. The molecule has 122 valence electrons. The number of hydrogen-bond donors (Lipinski definition) is 2. The minimum absolute atomic E-state index is 0.0267. The van der Waals surface area contributed by atoms with Crippen molar-refractivity contribution in [2.75, 3.05) is 19.6 Å². The Morgan fingerprint density at radius 2 is 2.14 bits per heavy atom. The molecule has 1 saturated heterocycles. The van der Waals surface area contributed by atoms with Crippen LogP contribution in [-0.4, -0.2) is 32.2 Å². The Morgan fingerprint density at radius 1 is 1.36 bits per heavy atom. The minimum atomic E-state index is -2.81. The van der Waals surface area contributed by atoms with Gasteiger partial charge in [0.05, 0.1) is 0 Å². The van der Waals surface area contributed by atoms with Crippen molar-refractivity contribution in [3.05, 3.63) is 29.8 Å². The Morgan fingerprint density at radius 3 is 2.77 bits per heavy atom. The van der Waals surface area contributed by atoms with Gasteiger partial charge in [-0.05, 0) is 56.0 Å². The molecule has 0 saturated carbocycles. The maximum Gasteiger partial charge on any atom is 0.387 e. The summed E-state index contributed by atoms with van der Waals surface area (Å²) in [5.74, 6) is 0.829. The molecule has 2 N–H and O–H groups in total. The van der Waals surface area contributed by atoms with Crippen LogP contribution in [0.15, 0.2) is 24.3 Å². The highest BCUT2D eigenvalue weighted by molar-refractivity contribution is 5.76. The van der Waals surface area contributed by atoms with Gasteiger partial charge in [0.1, 0.15) is 5.75 Å². The average molecular weight is 312 g/mol. The van der Waals surface area contributed by atoms with Crippen molar-refractivity contribution in [3.8, 4) is 5.75 Å². The fraction of sp³-hybridized carbons (Fsp3) is 0.562. The summed E-state index contributed by atoms with van der Waals surface area (Å²) in [4.78, 5) is 11.8. The second-order valence-corrected chi connectivity index (χ2v) is 5.52. The SMILES string of the molecule is O=C(CCc1ccc(OC(F)F)cc1)NCCC1CCNC1. The molecule has 1 aromatic carbocycles. The lowest BCUT2D eigenvalue weighted by atomic mass is 10.1. The monoisotopic (exact) mass is 312 g/mol. The maximum absolute atomic E-state index is 12.0. The van der Waals surface area contributed by atoms with Crippen LogP contribution in [0.4, 0.5) is 8.78 Å². The quantitative estimate of drug-likeness (QED) is 0.774. The smallest absolute Gasteiger partial charge is 0.387 e. The van der Waals surface area contributed by atoms with Gasteiger partial charge in [-0.2, -0.15) is 8.78 Å². The summed E-state index contributed by atoms with van der Waals surface area (Å²) in [6.45, 7) is 0.0192. The third-order valence-corrected chi connectivity index (χ3v) is 3.83. The third kappa shape index (κ3) is 5.97. The molecule has 0 radical (unpaired) electrons. The van der Waals surface area contributed by atoms with Gasteiger partial charge in [0.2, 0.25) is 5.91 Å². The van der Waals surface area contributed by atoms with Gasteiger partial charge < -0.3 is 15.4 Å². The Balaban J connectivity index is 1.62. The van der Waals surface area contributed by atoms with E-state index in [1.807, 2.05) is 0 Å². The maximum atomic E-state index is 12.0. The number of hydrogen-bond acceptors (Lipinski definition) is 3. The number of benzene rings is 1. The lowest BCUT2D eigenvalue weighted by Gasteiger charge is -2.09. The van der Waals surface area contributed by atoms with Gasteiger partial charge in [0.15, 0.2) is 0 Å². The van der Waals surface area contributed by atoms with E-state index in [2.05, 4.69) is 15.4 Å². The normalized spacial score (nSPS) is 17.7. The van der Waals surface area contributed by atoms with E-state index < -0.39 is 6.61 Å². The zero-order chi connectivity index (χ0) is 15.8. The molecule has 1 aliphatic heterocycles. The number of alkyl halides is 2. The van der Waals surface area contributed by atoms with Gasteiger partial charge in [-0.3, -0.25) is 4.79 Å².